The van der Waals surface area contributed by atoms with Gasteiger partial charge in [0.1, 0.15) is 0 Å². The Hall–Kier alpha value is -3.66. The molecular weight excluding hydrogens is 394 g/mol. The average molecular weight is 413 g/mol. The highest BCUT2D eigenvalue weighted by atomic mass is 32.1. The molecule has 1 aliphatic rings. The molecule has 150 valence electrons. The first-order chi connectivity index (χ1) is 13.8. The summed E-state index contributed by atoms with van der Waals surface area (Å²) in [6.07, 6.45) is 1.67. The van der Waals surface area contributed by atoms with Crippen molar-refractivity contribution in [3.8, 4) is 0 Å². The number of amides is 3. The monoisotopic (exact) mass is 413 g/mol. The maximum atomic E-state index is 13.0. The largest absolute Gasteiger partial charge is 0.478 e. The van der Waals surface area contributed by atoms with E-state index in [0.29, 0.717) is 5.69 Å². The Bertz CT molecular complexity index is 1020. The third kappa shape index (κ3) is 4.27. The minimum absolute atomic E-state index is 0.0960. The number of benzene rings is 1. The number of urea groups is 1. The lowest BCUT2D eigenvalue weighted by Gasteiger charge is -2.11. The van der Waals surface area contributed by atoms with Crippen LogP contribution >= 0.6 is 11.3 Å². The van der Waals surface area contributed by atoms with Gasteiger partial charge in [0.2, 0.25) is 0 Å². The van der Waals surface area contributed by atoms with Gasteiger partial charge in [-0.1, -0.05) is 0 Å². The van der Waals surface area contributed by atoms with Crippen molar-refractivity contribution in [1.82, 2.24) is 10.6 Å². The van der Waals surface area contributed by atoms with Crippen LogP contribution in [-0.2, 0) is 4.79 Å². The van der Waals surface area contributed by atoms with Gasteiger partial charge in [-0.25, -0.2) is 9.59 Å². The average Bonchev–Trinajstić information content (AvgIpc) is 3.28. The number of rotatable bonds is 4. The minimum Gasteiger partial charge on any atom is -0.478 e. The van der Waals surface area contributed by atoms with Crippen LogP contribution in [0.4, 0.5) is 15.5 Å². The first-order valence-electron chi connectivity index (χ1n) is 8.54. The number of hydrogen-bond donors (Lipinski definition) is 3. The third-order valence-electron chi connectivity index (χ3n) is 4.04. The van der Waals surface area contributed by atoms with Gasteiger partial charge in [-0.2, -0.15) is 5.01 Å². The molecule has 0 atom stereocenters. The SMILES string of the molecule is CNC(=O)NC1=NN(c2ccc(C(=O)O)cc2)C(=O)C1=Cc1ccc(N(C)C)s1. The summed E-state index contributed by atoms with van der Waals surface area (Å²) in [5.41, 5.74) is 0.710. The summed E-state index contributed by atoms with van der Waals surface area (Å²) in [5.74, 6) is -1.39. The molecule has 0 bridgehead atoms. The summed E-state index contributed by atoms with van der Waals surface area (Å²) < 4.78 is 0. The number of carbonyl (C=O) groups excluding carboxylic acids is 2. The van der Waals surface area contributed by atoms with Gasteiger partial charge >= 0.3 is 12.0 Å². The molecule has 10 heteroatoms. The van der Waals surface area contributed by atoms with Gasteiger partial charge in [0.25, 0.3) is 5.91 Å². The minimum atomic E-state index is -1.07. The van der Waals surface area contributed by atoms with Crippen LogP contribution in [0.25, 0.3) is 6.08 Å². The summed E-state index contributed by atoms with van der Waals surface area (Å²) in [6, 6.07) is 9.05. The van der Waals surface area contributed by atoms with Crippen molar-refractivity contribution < 1.29 is 19.5 Å². The number of thiophene rings is 1. The summed E-state index contributed by atoms with van der Waals surface area (Å²) >= 11 is 1.49. The van der Waals surface area contributed by atoms with E-state index in [1.165, 1.54) is 42.6 Å². The van der Waals surface area contributed by atoms with Crippen LogP contribution in [0.2, 0.25) is 0 Å². The van der Waals surface area contributed by atoms with Crippen LogP contribution in [0.1, 0.15) is 15.2 Å². The molecule has 2 heterocycles. The van der Waals surface area contributed by atoms with Crippen LogP contribution in [0.15, 0.2) is 47.1 Å². The van der Waals surface area contributed by atoms with Crippen molar-refractivity contribution in [2.45, 2.75) is 0 Å². The molecule has 3 amide bonds. The normalized spacial score (nSPS) is 14.7. The summed E-state index contributed by atoms with van der Waals surface area (Å²) in [6.45, 7) is 0. The van der Waals surface area contributed by atoms with Gasteiger partial charge < -0.3 is 15.3 Å². The zero-order valence-corrected chi connectivity index (χ0v) is 16.8. The molecular formula is C19H19N5O4S. The Morgan fingerprint density at radius 2 is 1.86 bits per heavy atom. The topological polar surface area (TPSA) is 114 Å². The predicted molar refractivity (Wildman–Crippen MR) is 113 cm³/mol. The van der Waals surface area contributed by atoms with Crippen LogP contribution in [0, 0.1) is 0 Å². The lowest BCUT2D eigenvalue weighted by atomic mass is 10.1. The van der Waals surface area contributed by atoms with Gasteiger partial charge in [-0.05, 0) is 42.5 Å². The van der Waals surface area contributed by atoms with E-state index in [4.69, 9.17) is 5.11 Å². The lowest BCUT2D eigenvalue weighted by molar-refractivity contribution is -0.114. The fraction of sp³-hybridized carbons (Fsp3) is 0.158. The van der Waals surface area contributed by atoms with E-state index in [1.54, 1.807) is 6.08 Å². The van der Waals surface area contributed by atoms with E-state index in [1.807, 2.05) is 31.1 Å². The predicted octanol–water partition coefficient (Wildman–Crippen LogP) is 2.18. The Kier molecular flexibility index (Phi) is 5.64. The first kappa shape index (κ1) is 20.1. The van der Waals surface area contributed by atoms with E-state index in [9.17, 15) is 14.4 Å². The Balaban J connectivity index is 1.97. The number of amidine groups is 1. The molecule has 9 nitrogen and oxygen atoms in total. The van der Waals surface area contributed by atoms with Crippen LogP contribution in [-0.4, -0.2) is 50.0 Å². The number of anilines is 2. The number of nitrogens with zero attached hydrogens (tertiary/aromatic N) is 3. The number of aromatic carboxylic acids is 1. The number of hydrogen-bond acceptors (Lipinski definition) is 6. The van der Waals surface area contributed by atoms with Crippen molar-refractivity contribution in [2.75, 3.05) is 31.1 Å². The smallest absolute Gasteiger partial charge is 0.335 e. The second kappa shape index (κ2) is 8.15. The first-order valence-corrected chi connectivity index (χ1v) is 9.36. The highest BCUT2D eigenvalue weighted by Gasteiger charge is 2.32. The zero-order chi connectivity index (χ0) is 21.1. The van der Waals surface area contributed by atoms with Crippen LogP contribution < -0.4 is 20.5 Å². The lowest BCUT2D eigenvalue weighted by Crippen LogP contribution is -2.37. The van der Waals surface area contributed by atoms with Gasteiger partial charge in [-0.3, -0.25) is 10.1 Å². The van der Waals surface area contributed by atoms with Crippen LogP contribution in [0.5, 0.6) is 0 Å². The summed E-state index contributed by atoms with van der Waals surface area (Å²) in [5, 5.41) is 20.4. The fourth-order valence-electron chi connectivity index (χ4n) is 2.53. The number of carbonyl (C=O) groups is 3. The molecule has 1 aliphatic heterocycles. The van der Waals surface area contributed by atoms with Crippen molar-refractivity contribution in [3.63, 3.8) is 0 Å². The number of hydrazone groups is 1. The molecule has 2 aromatic rings. The Morgan fingerprint density at radius 3 is 2.41 bits per heavy atom. The standard InChI is InChI=1S/C19H19N5O4S/c1-20-19(28)21-16-14(10-13-8-9-15(29-13)23(2)3)17(25)24(22-16)12-6-4-11(5-7-12)18(26)27/h4-10H,1-3H3,(H,26,27)(H2,20,21,22,28). The van der Waals surface area contributed by atoms with E-state index in [0.717, 1.165) is 14.9 Å². The molecule has 1 aromatic heterocycles. The molecule has 0 fully saturated rings. The second-order valence-electron chi connectivity index (χ2n) is 6.25. The zero-order valence-electron chi connectivity index (χ0n) is 16.0. The third-order valence-corrected chi connectivity index (χ3v) is 5.24. The number of nitrogens with one attached hydrogen (secondary N) is 2. The van der Waals surface area contributed by atoms with Crippen molar-refractivity contribution in [3.05, 3.63) is 52.4 Å². The van der Waals surface area contributed by atoms with Gasteiger partial charge in [-0.15, -0.1) is 16.4 Å². The van der Waals surface area contributed by atoms with Crippen molar-refractivity contribution in [1.29, 1.82) is 0 Å². The van der Waals surface area contributed by atoms with Crippen LogP contribution in [0.3, 0.4) is 0 Å². The molecule has 0 radical (unpaired) electrons. The molecule has 0 saturated heterocycles. The highest BCUT2D eigenvalue weighted by molar-refractivity contribution is 7.17. The van der Waals surface area contributed by atoms with Crippen molar-refractivity contribution in [2.24, 2.45) is 5.10 Å². The molecule has 0 spiro atoms. The maximum absolute atomic E-state index is 13.0. The van der Waals surface area contributed by atoms with Gasteiger partial charge in [0.15, 0.2) is 5.84 Å². The van der Waals surface area contributed by atoms with E-state index < -0.39 is 17.9 Å². The Morgan fingerprint density at radius 1 is 1.17 bits per heavy atom. The fourth-order valence-corrected chi connectivity index (χ4v) is 3.40. The number of carboxylic acid groups (broad SMARTS) is 1. The maximum Gasteiger partial charge on any atom is 0.335 e. The molecule has 0 unspecified atom stereocenters. The number of carboxylic acids is 1. The summed E-state index contributed by atoms with van der Waals surface area (Å²) in [4.78, 5) is 38.6. The van der Waals surface area contributed by atoms with E-state index in [-0.39, 0.29) is 17.0 Å². The van der Waals surface area contributed by atoms with Gasteiger partial charge in [0.05, 0.1) is 21.8 Å². The molecule has 3 N–H and O–H groups in total. The molecule has 0 aliphatic carbocycles. The van der Waals surface area contributed by atoms with E-state index in [2.05, 4.69) is 15.7 Å². The molecule has 29 heavy (non-hydrogen) atoms. The molecule has 0 saturated carbocycles. The molecule has 3 rings (SSSR count). The Labute approximate surface area is 170 Å². The van der Waals surface area contributed by atoms with Gasteiger partial charge in [0, 0.05) is 26.0 Å². The quantitative estimate of drug-likeness (QED) is 0.665. The highest BCUT2D eigenvalue weighted by Crippen LogP contribution is 2.29. The second-order valence-corrected chi connectivity index (χ2v) is 7.34. The molecule has 1 aromatic carbocycles. The summed E-state index contributed by atoms with van der Waals surface area (Å²) in [7, 11) is 5.30. The van der Waals surface area contributed by atoms with Crippen molar-refractivity contribution >= 4 is 51.8 Å². The van der Waals surface area contributed by atoms with E-state index >= 15 is 0 Å².